The maximum absolute atomic E-state index is 12.7. The second kappa shape index (κ2) is 7.53. The number of nitrogens with zero attached hydrogens (tertiary/aromatic N) is 1. The molecule has 0 spiro atoms. The van der Waals surface area contributed by atoms with E-state index in [1.54, 1.807) is 18.2 Å². The standard InChI is InChI=1S/C18H11ClF3NO2S2/c1-25-14-7-6-12(9-13(14)19)23-16(24)15(27-17(23)26)8-10-2-4-11(5-3-10)18(20,21)22/h2-9H,1H3/b15-8-. The molecule has 2 aromatic rings. The SMILES string of the molecule is COc1ccc(N2C(=O)/C(=C/c3ccc(C(F)(F)F)cc3)SC2=S)cc1Cl. The van der Waals surface area contributed by atoms with Gasteiger partial charge in [0, 0.05) is 0 Å². The molecule has 1 aliphatic heterocycles. The first-order chi connectivity index (χ1) is 12.7. The molecule has 0 radical (unpaired) electrons. The maximum atomic E-state index is 12.7. The van der Waals surface area contributed by atoms with Gasteiger partial charge < -0.3 is 4.74 Å². The average Bonchev–Trinajstić information content (AvgIpc) is 2.88. The second-order valence-electron chi connectivity index (χ2n) is 5.46. The van der Waals surface area contributed by atoms with Gasteiger partial charge in [-0.15, -0.1) is 0 Å². The summed E-state index contributed by atoms with van der Waals surface area (Å²) in [5.41, 5.74) is 0.204. The highest BCUT2D eigenvalue weighted by atomic mass is 35.5. The minimum atomic E-state index is -4.41. The lowest BCUT2D eigenvalue weighted by Crippen LogP contribution is -2.27. The number of methoxy groups -OCH3 is 1. The van der Waals surface area contributed by atoms with Crippen molar-refractivity contribution >= 4 is 57.6 Å². The van der Waals surface area contributed by atoms with Crippen molar-refractivity contribution in [2.45, 2.75) is 6.18 Å². The summed E-state index contributed by atoms with van der Waals surface area (Å²) in [7, 11) is 1.48. The number of benzene rings is 2. The molecule has 0 saturated carbocycles. The van der Waals surface area contributed by atoms with Crippen LogP contribution >= 0.6 is 35.6 Å². The molecule has 1 heterocycles. The molecular weight excluding hydrogens is 419 g/mol. The molecule has 1 amide bonds. The zero-order valence-corrected chi connectivity index (χ0v) is 16.1. The lowest BCUT2D eigenvalue weighted by atomic mass is 10.1. The number of halogens is 4. The molecule has 27 heavy (non-hydrogen) atoms. The number of carbonyl (C=O) groups is 1. The summed E-state index contributed by atoms with van der Waals surface area (Å²) in [5, 5.41) is 0.329. The van der Waals surface area contributed by atoms with E-state index in [4.69, 9.17) is 28.6 Å². The predicted octanol–water partition coefficient (Wildman–Crippen LogP) is 5.77. The van der Waals surface area contributed by atoms with Gasteiger partial charge in [-0.1, -0.05) is 47.7 Å². The van der Waals surface area contributed by atoms with Crippen LogP contribution < -0.4 is 9.64 Å². The van der Waals surface area contributed by atoms with E-state index in [0.717, 1.165) is 23.9 Å². The number of anilines is 1. The fourth-order valence-electron chi connectivity index (χ4n) is 2.40. The van der Waals surface area contributed by atoms with Crippen molar-refractivity contribution < 1.29 is 22.7 Å². The van der Waals surface area contributed by atoms with Crippen molar-refractivity contribution in [2.75, 3.05) is 12.0 Å². The third-order valence-electron chi connectivity index (χ3n) is 3.72. The van der Waals surface area contributed by atoms with Crippen LogP contribution in [0.1, 0.15) is 11.1 Å². The topological polar surface area (TPSA) is 29.5 Å². The quantitative estimate of drug-likeness (QED) is 0.457. The lowest BCUT2D eigenvalue weighted by molar-refractivity contribution is -0.137. The molecule has 1 aliphatic rings. The van der Waals surface area contributed by atoms with Gasteiger partial charge >= 0.3 is 6.18 Å². The predicted molar refractivity (Wildman–Crippen MR) is 105 cm³/mol. The summed E-state index contributed by atoms with van der Waals surface area (Å²) >= 11 is 12.4. The highest BCUT2D eigenvalue weighted by Gasteiger charge is 2.34. The minimum Gasteiger partial charge on any atom is -0.495 e. The smallest absolute Gasteiger partial charge is 0.416 e. The van der Waals surface area contributed by atoms with E-state index in [2.05, 4.69) is 0 Å². The van der Waals surface area contributed by atoms with Crippen LogP contribution in [0.4, 0.5) is 18.9 Å². The average molecular weight is 430 g/mol. The maximum Gasteiger partial charge on any atom is 0.416 e. The highest BCUT2D eigenvalue weighted by molar-refractivity contribution is 8.27. The Labute approximate surface area is 167 Å². The number of carbonyl (C=O) groups excluding carboxylic acids is 1. The second-order valence-corrected chi connectivity index (χ2v) is 7.54. The molecule has 0 atom stereocenters. The Hall–Kier alpha value is -2.03. The van der Waals surface area contributed by atoms with E-state index in [9.17, 15) is 18.0 Å². The van der Waals surface area contributed by atoms with E-state index in [-0.39, 0.29) is 5.91 Å². The Kier molecular flexibility index (Phi) is 5.50. The van der Waals surface area contributed by atoms with E-state index >= 15 is 0 Å². The first kappa shape index (κ1) is 19.7. The number of ether oxygens (including phenoxy) is 1. The Morgan fingerprint density at radius 3 is 2.41 bits per heavy atom. The van der Waals surface area contributed by atoms with Crippen LogP contribution in [0.2, 0.25) is 5.02 Å². The van der Waals surface area contributed by atoms with Crippen LogP contribution in [0.15, 0.2) is 47.4 Å². The van der Waals surface area contributed by atoms with E-state index in [1.807, 2.05) is 0 Å². The summed E-state index contributed by atoms with van der Waals surface area (Å²) < 4.78 is 43.3. The van der Waals surface area contributed by atoms with Gasteiger partial charge in [0.15, 0.2) is 4.32 Å². The monoisotopic (exact) mass is 429 g/mol. The summed E-state index contributed by atoms with van der Waals surface area (Å²) in [6.07, 6.45) is -2.90. The van der Waals surface area contributed by atoms with Gasteiger partial charge in [0.1, 0.15) is 5.75 Å². The lowest BCUT2D eigenvalue weighted by Gasteiger charge is -2.15. The Balaban J connectivity index is 1.87. The largest absolute Gasteiger partial charge is 0.495 e. The Morgan fingerprint density at radius 1 is 1.19 bits per heavy atom. The van der Waals surface area contributed by atoms with Gasteiger partial charge in [-0.3, -0.25) is 9.69 Å². The van der Waals surface area contributed by atoms with Crippen molar-refractivity contribution in [3.63, 3.8) is 0 Å². The Morgan fingerprint density at radius 2 is 1.85 bits per heavy atom. The zero-order chi connectivity index (χ0) is 19.8. The molecule has 2 aromatic carbocycles. The van der Waals surface area contributed by atoms with Crippen molar-refractivity contribution in [1.82, 2.24) is 0 Å². The van der Waals surface area contributed by atoms with Gasteiger partial charge in [-0.2, -0.15) is 13.2 Å². The van der Waals surface area contributed by atoms with Gasteiger partial charge in [-0.05, 0) is 42.0 Å². The van der Waals surface area contributed by atoms with Crippen LogP contribution in [0.25, 0.3) is 6.08 Å². The van der Waals surface area contributed by atoms with Crippen LogP contribution in [0, 0.1) is 0 Å². The zero-order valence-electron chi connectivity index (χ0n) is 13.7. The summed E-state index contributed by atoms with van der Waals surface area (Å²) in [5.74, 6) is 0.0947. The van der Waals surface area contributed by atoms with E-state index in [0.29, 0.717) is 31.2 Å². The van der Waals surface area contributed by atoms with Crippen LogP contribution in [0.3, 0.4) is 0 Å². The highest BCUT2D eigenvalue weighted by Crippen LogP contribution is 2.38. The van der Waals surface area contributed by atoms with Gasteiger partial charge in [0.25, 0.3) is 5.91 Å². The number of hydrogen-bond acceptors (Lipinski definition) is 4. The fraction of sp³-hybridized carbons (Fsp3) is 0.111. The minimum absolute atomic E-state index is 0.305. The molecule has 0 bridgehead atoms. The molecule has 0 unspecified atom stereocenters. The van der Waals surface area contributed by atoms with Crippen molar-refractivity contribution in [3.8, 4) is 5.75 Å². The molecule has 3 rings (SSSR count). The van der Waals surface area contributed by atoms with E-state index in [1.165, 1.54) is 30.2 Å². The number of thioether (sulfide) groups is 1. The number of alkyl halides is 3. The van der Waals surface area contributed by atoms with Crippen LogP contribution in [-0.4, -0.2) is 17.3 Å². The Bertz CT molecular complexity index is 943. The number of hydrogen-bond donors (Lipinski definition) is 0. The molecule has 0 aromatic heterocycles. The number of rotatable bonds is 3. The molecule has 140 valence electrons. The number of amides is 1. The molecule has 9 heteroatoms. The van der Waals surface area contributed by atoms with Crippen molar-refractivity contribution in [3.05, 3.63) is 63.5 Å². The summed E-state index contributed by atoms with van der Waals surface area (Å²) in [6.45, 7) is 0. The molecular formula is C18H11ClF3NO2S2. The molecule has 0 aliphatic carbocycles. The van der Waals surface area contributed by atoms with Crippen LogP contribution in [-0.2, 0) is 11.0 Å². The van der Waals surface area contributed by atoms with Crippen molar-refractivity contribution in [1.29, 1.82) is 0 Å². The third kappa shape index (κ3) is 4.12. The first-order valence-electron chi connectivity index (χ1n) is 7.49. The normalized spacial score (nSPS) is 16.3. The van der Waals surface area contributed by atoms with Gasteiger partial charge in [0.2, 0.25) is 0 Å². The fourth-order valence-corrected chi connectivity index (χ4v) is 3.96. The third-order valence-corrected chi connectivity index (χ3v) is 5.32. The van der Waals surface area contributed by atoms with Crippen molar-refractivity contribution in [2.24, 2.45) is 0 Å². The summed E-state index contributed by atoms with van der Waals surface area (Å²) in [6, 6.07) is 9.38. The van der Waals surface area contributed by atoms with Crippen LogP contribution in [0.5, 0.6) is 5.75 Å². The molecule has 1 saturated heterocycles. The molecule has 3 nitrogen and oxygen atoms in total. The number of thiocarbonyl (C=S) groups is 1. The van der Waals surface area contributed by atoms with Gasteiger partial charge in [-0.25, -0.2) is 0 Å². The van der Waals surface area contributed by atoms with Gasteiger partial charge in [0.05, 0.1) is 28.3 Å². The summed E-state index contributed by atoms with van der Waals surface area (Å²) in [4.78, 5) is 14.3. The molecule has 1 fully saturated rings. The molecule has 0 N–H and O–H groups in total. The van der Waals surface area contributed by atoms with E-state index < -0.39 is 11.7 Å². The first-order valence-corrected chi connectivity index (χ1v) is 9.10.